The highest BCUT2D eigenvalue weighted by Crippen LogP contribution is 2.14. The standard InChI is InChI=1S/C16H13BrO3/c1-11(18)12-4-8-15(9-5-12)20-10-16(19)13-2-6-14(17)7-3-13/h2-9H,10H2,1H3. The van der Waals surface area contributed by atoms with Crippen molar-refractivity contribution in [1.29, 1.82) is 0 Å². The zero-order valence-corrected chi connectivity index (χ0v) is 12.5. The van der Waals surface area contributed by atoms with Crippen LogP contribution in [0.3, 0.4) is 0 Å². The van der Waals surface area contributed by atoms with Crippen LogP contribution in [-0.4, -0.2) is 18.2 Å². The van der Waals surface area contributed by atoms with Crippen LogP contribution in [-0.2, 0) is 0 Å². The van der Waals surface area contributed by atoms with Crippen molar-refractivity contribution in [2.24, 2.45) is 0 Å². The molecule has 0 bridgehead atoms. The third-order valence-corrected chi connectivity index (χ3v) is 3.33. The van der Waals surface area contributed by atoms with Crippen LogP contribution in [0.5, 0.6) is 5.75 Å². The summed E-state index contributed by atoms with van der Waals surface area (Å²) in [6.45, 7) is 1.48. The zero-order chi connectivity index (χ0) is 14.5. The van der Waals surface area contributed by atoms with Gasteiger partial charge < -0.3 is 4.74 Å². The smallest absolute Gasteiger partial charge is 0.200 e. The molecule has 0 spiro atoms. The van der Waals surface area contributed by atoms with Gasteiger partial charge in [0.05, 0.1) is 0 Å². The predicted octanol–water partition coefficient (Wildman–Crippen LogP) is 3.91. The van der Waals surface area contributed by atoms with Gasteiger partial charge in [-0.2, -0.15) is 0 Å². The van der Waals surface area contributed by atoms with Gasteiger partial charge in [-0.3, -0.25) is 9.59 Å². The number of halogens is 1. The predicted molar refractivity (Wildman–Crippen MR) is 80.4 cm³/mol. The van der Waals surface area contributed by atoms with E-state index in [1.165, 1.54) is 6.92 Å². The maximum Gasteiger partial charge on any atom is 0.200 e. The molecule has 0 fully saturated rings. The van der Waals surface area contributed by atoms with Gasteiger partial charge in [0, 0.05) is 15.6 Å². The summed E-state index contributed by atoms with van der Waals surface area (Å²) in [4.78, 5) is 23.0. The van der Waals surface area contributed by atoms with E-state index in [9.17, 15) is 9.59 Å². The summed E-state index contributed by atoms with van der Waals surface area (Å²) >= 11 is 3.32. The van der Waals surface area contributed by atoms with E-state index in [4.69, 9.17) is 4.74 Å². The Morgan fingerprint density at radius 2 is 1.50 bits per heavy atom. The van der Waals surface area contributed by atoms with Gasteiger partial charge in [0.1, 0.15) is 5.75 Å². The molecule has 2 aromatic rings. The molecule has 3 nitrogen and oxygen atoms in total. The van der Waals surface area contributed by atoms with Crippen molar-refractivity contribution in [2.75, 3.05) is 6.61 Å². The Hall–Kier alpha value is -1.94. The molecule has 0 atom stereocenters. The van der Waals surface area contributed by atoms with Gasteiger partial charge >= 0.3 is 0 Å². The summed E-state index contributed by atoms with van der Waals surface area (Å²) in [5.41, 5.74) is 1.23. The molecule has 0 aliphatic heterocycles. The fourth-order valence-electron chi connectivity index (χ4n) is 1.65. The number of hydrogen-bond acceptors (Lipinski definition) is 3. The number of hydrogen-bond donors (Lipinski definition) is 0. The molecular formula is C16H13BrO3. The first-order chi connectivity index (χ1) is 9.56. The first-order valence-corrected chi connectivity index (χ1v) is 6.88. The number of rotatable bonds is 5. The molecule has 2 rings (SSSR count). The lowest BCUT2D eigenvalue weighted by Gasteiger charge is -2.06. The Labute approximate surface area is 125 Å². The number of ether oxygens (including phenoxy) is 1. The van der Waals surface area contributed by atoms with Gasteiger partial charge in [-0.05, 0) is 43.3 Å². The first kappa shape index (κ1) is 14.5. The summed E-state index contributed by atoms with van der Waals surface area (Å²) in [7, 11) is 0. The number of ketones is 2. The molecule has 0 N–H and O–H groups in total. The van der Waals surface area contributed by atoms with E-state index in [0.717, 1.165) is 4.47 Å². The fourth-order valence-corrected chi connectivity index (χ4v) is 1.92. The number of Topliss-reactive ketones (excluding diaryl/α,β-unsaturated/α-hetero) is 2. The summed E-state index contributed by atoms with van der Waals surface area (Å²) in [6.07, 6.45) is 0. The molecule has 0 radical (unpaired) electrons. The van der Waals surface area contributed by atoms with Crippen LogP contribution in [0.15, 0.2) is 53.0 Å². The average Bonchev–Trinajstić information content (AvgIpc) is 2.46. The third-order valence-electron chi connectivity index (χ3n) is 2.80. The van der Waals surface area contributed by atoms with Gasteiger partial charge in [-0.15, -0.1) is 0 Å². The van der Waals surface area contributed by atoms with Gasteiger partial charge in [-0.25, -0.2) is 0 Å². The molecule has 2 aromatic carbocycles. The maximum absolute atomic E-state index is 11.9. The Balaban J connectivity index is 1.96. The third kappa shape index (κ3) is 3.78. The highest BCUT2D eigenvalue weighted by Gasteiger charge is 2.07. The van der Waals surface area contributed by atoms with Crippen molar-refractivity contribution in [3.63, 3.8) is 0 Å². The summed E-state index contributed by atoms with van der Waals surface area (Å²) in [5.74, 6) is 0.482. The molecule has 0 aromatic heterocycles. The summed E-state index contributed by atoms with van der Waals surface area (Å²) in [6, 6.07) is 13.9. The Morgan fingerprint density at radius 1 is 0.950 bits per heavy atom. The summed E-state index contributed by atoms with van der Waals surface area (Å²) < 4.78 is 6.34. The van der Waals surface area contributed by atoms with Crippen LogP contribution >= 0.6 is 15.9 Å². The molecule has 0 saturated carbocycles. The topological polar surface area (TPSA) is 43.4 Å². The second-order valence-electron chi connectivity index (χ2n) is 4.30. The van der Waals surface area contributed by atoms with Gasteiger partial charge in [0.25, 0.3) is 0 Å². The minimum Gasteiger partial charge on any atom is -0.485 e. The highest BCUT2D eigenvalue weighted by molar-refractivity contribution is 9.10. The molecule has 20 heavy (non-hydrogen) atoms. The van der Waals surface area contributed by atoms with E-state index in [1.54, 1.807) is 36.4 Å². The van der Waals surface area contributed by atoms with Crippen LogP contribution in [0.4, 0.5) is 0 Å². The minimum absolute atomic E-state index is 0.00230. The van der Waals surface area contributed by atoms with Gasteiger partial charge in [0.2, 0.25) is 0 Å². The molecule has 102 valence electrons. The van der Waals surface area contributed by atoms with Crippen LogP contribution < -0.4 is 4.74 Å². The number of benzene rings is 2. The second-order valence-corrected chi connectivity index (χ2v) is 5.21. The lowest BCUT2D eigenvalue weighted by Crippen LogP contribution is -2.11. The van der Waals surface area contributed by atoms with Crippen molar-refractivity contribution in [3.8, 4) is 5.75 Å². The highest BCUT2D eigenvalue weighted by atomic mass is 79.9. The number of carbonyl (C=O) groups excluding carboxylic acids is 2. The van der Waals surface area contributed by atoms with E-state index in [0.29, 0.717) is 16.9 Å². The van der Waals surface area contributed by atoms with Crippen molar-refractivity contribution in [1.82, 2.24) is 0 Å². The average molecular weight is 333 g/mol. The quantitative estimate of drug-likeness (QED) is 0.779. The van der Waals surface area contributed by atoms with Crippen LogP contribution in [0.1, 0.15) is 27.6 Å². The maximum atomic E-state index is 11.9. The van der Waals surface area contributed by atoms with E-state index >= 15 is 0 Å². The van der Waals surface area contributed by atoms with Gasteiger partial charge in [-0.1, -0.05) is 28.1 Å². The lowest BCUT2D eigenvalue weighted by molar-refractivity contribution is 0.0920. The minimum atomic E-state index is -0.0897. The zero-order valence-electron chi connectivity index (χ0n) is 10.9. The monoisotopic (exact) mass is 332 g/mol. The van der Waals surface area contributed by atoms with Gasteiger partial charge in [0.15, 0.2) is 18.2 Å². The molecule has 0 heterocycles. The molecule has 0 aliphatic carbocycles. The van der Waals surface area contributed by atoms with Crippen molar-refractivity contribution in [2.45, 2.75) is 6.92 Å². The van der Waals surface area contributed by atoms with Crippen molar-refractivity contribution < 1.29 is 14.3 Å². The molecule has 4 heteroatoms. The van der Waals surface area contributed by atoms with E-state index in [1.807, 2.05) is 12.1 Å². The number of carbonyl (C=O) groups is 2. The molecule has 0 saturated heterocycles. The van der Waals surface area contributed by atoms with E-state index in [2.05, 4.69) is 15.9 Å². The molecular weight excluding hydrogens is 320 g/mol. The normalized spacial score (nSPS) is 10.1. The summed E-state index contributed by atoms with van der Waals surface area (Å²) in [5, 5.41) is 0. The molecule has 0 amide bonds. The largest absolute Gasteiger partial charge is 0.485 e. The van der Waals surface area contributed by atoms with E-state index in [-0.39, 0.29) is 18.2 Å². The second kappa shape index (κ2) is 6.48. The van der Waals surface area contributed by atoms with Crippen LogP contribution in [0.25, 0.3) is 0 Å². The SMILES string of the molecule is CC(=O)c1ccc(OCC(=O)c2ccc(Br)cc2)cc1. The Morgan fingerprint density at radius 3 is 2.05 bits per heavy atom. The fraction of sp³-hybridized carbons (Fsp3) is 0.125. The molecule has 0 unspecified atom stereocenters. The van der Waals surface area contributed by atoms with Crippen LogP contribution in [0, 0.1) is 0 Å². The van der Waals surface area contributed by atoms with E-state index < -0.39 is 0 Å². The Bertz CT molecular complexity index is 615. The van der Waals surface area contributed by atoms with Crippen molar-refractivity contribution in [3.05, 3.63) is 64.1 Å². The first-order valence-electron chi connectivity index (χ1n) is 6.09. The molecule has 0 aliphatic rings. The van der Waals surface area contributed by atoms with Crippen molar-refractivity contribution >= 4 is 27.5 Å². The van der Waals surface area contributed by atoms with Crippen LogP contribution in [0.2, 0.25) is 0 Å². The Kier molecular flexibility index (Phi) is 4.69. The lowest BCUT2D eigenvalue weighted by atomic mass is 10.1.